The molecule has 16 heavy (non-hydrogen) atoms. The van der Waals surface area contributed by atoms with Crippen LogP contribution in [0, 0.1) is 0 Å². The van der Waals surface area contributed by atoms with Gasteiger partial charge in [0, 0.05) is 16.6 Å². The number of H-pyrrole nitrogens is 1. The lowest BCUT2D eigenvalue weighted by Gasteiger charge is -2.21. The smallest absolute Gasteiger partial charge is 0.211 e. The number of carbonyl (C=O) groups excluding carboxylic acids is 1. The van der Waals surface area contributed by atoms with E-state index in [0.717, 1.165) is 10.9 Å². The Morgan fingerprint density at radius 2 is 2.25 bits per heavy atom. The number of rotatable bonds is 3. The van der Waals surface area contributed by atoms with E-state index in [2.05, 4.69) is 15.5 Å². The Labute approximate surface area is 92.5 Å². The summed E-state index contributed by atoms with van der Waals surface area (Å²) in [6, 6.07) is 3.56. The molecule has 0 saturated carbocycles. The summed E-state index contributed by atoms with van der Waals surface area (Å²) in [5.41, 5.74) is 1.05. The minimum absolute atomic E-state index is 0.594. The van der Waals surface area contributed by atoms with Gasteiger partial charge in [-0.25, -0.2) is 0 Å². The number of amides is 1. The molecule has 0 unspecified atom stereocenters. The molecule has 0 aliphatic heterocycles. The van der Waals surface area contributed by atoms with E-state index in [1.807, 2.05) is 0 Å². The topological polar surface area (TPSA) is 78.0 Å². The highest BCUT2D eigenvalue weighted by atomic mass is 16.3. The van der Waals surface area contributed by atoms with Crippen LogP contribution in [0.4, 0.5) is 5.69 Å². The Morgan fingerprint density at radius 3 is 2.88 bits per heavy atom. The monoisotopic (exact) mass is 219 g/mol. The summed E-state index contributed by atoms with van der Waals surface area (Å²) in [5.74, 6) is 0. The van der Waals surface area contributed by atoms with Crippen LogP contribution in [0.25, 0.3) is 10.9 Å². The lowest BCUT2D eigenvalue weighted by Crippen LogP contribution is -2.18. The second-order valence-electron chi connectivity index (χ2n) is 4.18. The Bertz CT molecular complexity index is 525. The van der Waals surface area contributed by atoms with Gasteiger partial charge in [0.1, 0.15) is 0 Å². The lowest BCUT2D eigenvalue weighted by molar-refractivity contribution is -0.105. The van der Waals surface area contributed by atoms with E-state index in [-0.39, 0.29) is 0 Å². The van der Waals surface area contributed by atoms with Gasteiger partial charge in [0.2, 0.25) is 6.41 Å². The SMILES string of the molecule is CC(C)(O)c1cc2[nH]ncc2cc1NC=O. The molecule has 1 aromatic carbocycles. The zero-order valence-corrected chi connectivity index (χ0v) is 9.11. The third-order valence-electron chi connectivity index (χ3n) is 2.45. The van der Waals surface area contributed by atoms with Gasteiger partial charge >= 0.3 is 0 Å². The minimum atomic E-state index is -1.02. The number of aromatic amines is 1. The van der Waals surface area contributed by atoms with Gasteiger partial charge in [0.15, 0.2) is 0 Å². The zero-order valence-electron chi connectivity index (χ0n) is 9.11. The van der Waals surface area contributed by atoms with Gasteiger partial charge in [-0.3, -0.25) is 9.89 Å². The van der Waals surface area contributed by atoms with Crippen LogP contribution in [-0.4, -0.2) is 21.7 Å². The van der Waals surface area contributed by atoms with E-state index in [0.29, 0.717) is 17.7 Å². The summed E-state index contributed by atoms with van der Waals surface area (Å²) >= 11 is 0. The highest BCUT2D eigenvalue weighted by Crippen LogP contribution is 2.30. The molecule has 0 saturated heterocycles. The fourth-order valence-corrected chi connectivity index (χ4v) is 1.68. The number of fused-ring (bicyclic) bond motifs is 1. The van der Waals surface area contributed by atoms with Crippen LogP contribution >= 0.6 is 0 Å². The van der Waals surface area contributed by atoms with E-state index in [4.69, 9.17) is 0 Å². The normalized spacial score (nSPS) is 11.7. The van der Waals surface area contributed by atoms with Gasteiger partial charge in [-0.1, -0.05) is 0 Å². The maximum absolute atomic E-state index is 10.5. The number of anilines is 1. The number of nitrogens with one attached hydrogen (secondary N) is 2. The molecule has 5 nitrogen and oxygen atoms in total. The molecule has 2 rings (SSSR count). The minimum Gasteiger partial charge on any atom is -0.386 e. The number of carbonyl (C=O) groups is 1. The molecule has 0 bridgehead atoms. The molecule has 0 radical (unpaired) electrons. The van der Waals surface area contributed by atoms with Crippen molar-refractivity contribution >= 4 is 23.0 Å². The average Bonchev–Trinajstić information content (AvgIpc) is 2.62. The van der Waals surface area contributed by atoms with Crippen molar-refractivity contribution in [1.29, 1.82) is 0 Å². The predicted molar refractivity (Wildman–Crippen MR) is 61.0 cm³/mol. The Balaban J connectivity index is 2.67. The highest BCUT2D eigenvalue weighted by molar-refractivity contribution is 5.87. The molecule has 2 aromatic rings. The second kappa shape index (κ2) is 3.61. The van der Waals surface area contributed by atoms with Crippen molar-refractivity contribution in [3.8, 4) is 0 Å². The number of nitrogens with zero attached hydrogens (tertiary/aromatic N) is 1. The molecule has 84 valence electrons. The molecule has 1 aromatic heterocycles. The quantitative estimate of drug-likeness (QED) is 0.682. The van der Waals surface area contributed by atoms with Crippen molar-refractivity contribution < 1.29 is 9.90 Å². The second-order valence-corrected chi connectivity index (χ2v) is 4.18. The average molecular weight is 219 g/mol. The van der Waals surface area contributed by atoms with Gasteiger partial charge in [0.25, 0.3) is 0 Å². The van der Waals surface area contributed by atoms with E-state index in [1.165, 1.54) is 0 Å². The number of benzene rings is 1. The van der Waals surface area contributed by atoms with Gasteiger partial charge in [0.05, 0.1) is 17.3 Å². The van der Waals surface area contributed by atoms with Crippen LogP contribution in [0.3, 0.4) is 0 Å². The Morgan fingerprint density at radius 1 is 1.50 bits per heavy atom. The summed E-state index contributed by atoms with van der Waals surface area (Å²) in [6.07, 6.45) is 2.26. The van der Waals surface area contributed by atoms with Crippen molar-refractivity contribution in [3.05, 3.63) is 23.9 Å². The van der Waals surface area contributed by atoms with Gasteiger partial charge in [-0.15, -0.1) is 0 Å². The molecule has 0 spiro atoms. The number of aromatic nitrogens is 2. The van der Waals surface area contributed by atoms with Crippen molar-refractivity contribution in [3.63, 3.8) is 0 Å². The summed E-state index contributed by atoms with van der Waals surface area (Å²) in [6.45, 7) is 3.33. The van der Waals surface area contributed by atoms with Gasteiger partial charge < -0.3 is 10.4 Å². The van der Waals surface area contributed by atoms with Gasteiger partial charge in [-0.05, 0) is 26.0 Å². The number of aliphatic hydroxyl groups is 1. The van der Waals surface area contributed by atoms with E-state index < -0.39 is 5.60 Å². The maximum Gasteiger partial charge on any atom is 0.211 e. The van der Waals surface area contributed by atoms with Crippen molar-refractivity contribution in [2.75, 3.05) is 5.32 Å². The van der Waals surface area contributed by atoms with Crippen LogP contribution < -0.4 is 5.32 Å². The van der Waals surface area contributed by atoms with Crippen LogP contribution in [-0.2, 0) is 10.4 Å². The fraction of sp³-hybridized carbons (Fsp3) is 0.273. The standard InChI is InChI=1S/C11H13N3O2/c1-11(2,16)8-4-9-7(5-13-14-9)3-10(8)12-6-15/h3-6,16H,1-2H3,(H,12,15)(H,13,14). The van der Waals surface area contributed by atoms with E-state index >= 15 is 0 Å². The molecular weight excluding hydrogens is 206 g/mol. The fourth-order valence-electron chi connectivity index (χ4n) is 1.68. The Kier molecular flexibility index (Phi) is 2.40. The third kappa shape index (κ3) is 1.77. The summed E-state index contributed by atoms with van der Waals surface area (Å²) in [4.78, 5) is 10.5. The lowest BCUT2D eigenvalue weighted by atomic mass is 9.95. The molecule has 5 heteroatoms. The van der Waals surface area contributed by atoms with Crippen LogP contribution in [0.5, 0.6) is 0 Å². The highest BCUT2D eigenvalue weighted by Gasteiger charge is 2.21. The molecule has 0 atom stereocenters. The first kappa shape index (κ1) is 10.6. The van der Waals surface area contributed by atoms with E-state index in [9.17, 15) is 9.90 Å². The van der Waals surface area contributed by atoms with Crippen molar-refractivity contribution in [1.82, 2.24) is 10.2 Å². The summed E-state index contributed by atoms with van der Waals surface area (Å²) in [5, 5.41) is 20.2. The molecule has 0 aliphatic rings. The molecule has 1 heterocycles. The summed E-state index contributed by atoms with van der Waals surface area (Å²) in [7, 11) is 0. The van der Waals surface area contributed by atoms with Crippen LogP contribution in [0.2, 0.25) is 0 Å². The molecule has 0 aliphatic carbocycles. The predicted octanol–water partition coefficient (Wildman–Crippen LogP) is 1.36. The summed E-state index contributed by atoms with van der Waals surface area (Å²) < 4.78 is 0. The van der Waals surface area contributed by atoms with Crippen LogP contribution in [0.15, 0.2) is 18.3 Å². The number of hydrogen-bond acceptors (Lipinski definition) is 3. The maximum atomic E-state index is 10.5. The molecule has 0 fully saturated rings. The first-order valence-corrected chi connectivity index (χ1v) is 4.92. The molecule has 3 N–H and O–H groups in total. The molecular formula is C11H13N3O2. The van der Waals surface area contributed by atoms with Gasteiger partial charge in [-0.2, -0.15) is 5.10 Å². The van der Waals surface area contributed by atoms with Crippen LogP contribution in [0.1, 0.15) is 19.4 Å². The van der Waals surface area contributed by atoms with Crippen molar-refractivity contribution in [2.45, 2.75) is 19.4 Å². The molecule has 1 amide bonds. The van der Waals surface area contributed by atoms with Crippen molar-refractivity contribution in [2.24, 2.45) is 0 Å². The number of hydrogen-bond donors (Lipinski definition) is 3. The first-order valence-electron chi connectivity index (χ1n) is 4.92. The largest absolute Gasteiger partial charge is 0.386 e. The first-order chi connectivity index (χ1) is 7.52. The Hall–Kier alpha value is -1.88. The third-order valence-corrected chi connectivity index (χ3v) is 2.45. The van der Waals surface area contributed by atoms with E-state index in [1.54, 1.807) is 32.2 Å². The zero-order chi connectivity index (χ0) is 11.8.